The van der Waals surface area contributed by atoms with Gasteiger partial charge in [0, 0.05) is 19.6 Å². The highest BCUT2D eigenvalue weighted by Crippen LogP contribution is 2.16. The number of urea groups is 1. The van der Waals surface area contributed by atoms with Crippen LogP contribution in [0.1, 0.15) is 24.5 Å². The SMILES string of the molecule is CCOC(Cc1ccc(OCCN(CCCc2ccc(F)cc2)C(=O)Nc2ccccc2F)cc1)C(=O)O. The Morgan fingerprint density at radius 2 is 1.63 bits per heavy atom. The van der Waals surface area contributed by atoms with Crippen molar-refractivity contribution in [2.45, 2.75) is 32.3 Å². The lowest BCUT2D eigenvalue weighted by Gasteiger charge is -2.23. The molecule has 9 heteroatoms. The second kappa shape index (κ2) is 14.7. The summed E-state index contributed by atoms with van der Waals surface area (Å²) in [4.78, 5) is 25.8. The predicted molar refractivity (Wildman–Crippen MR) is 140 cm³/mol. The number of anilines is 1. The summed E-state index contributed by atoms with van der Waals surface area (Å²) in [5.41, 5.74) is 1.83. The van der Waals surface area contributed by atoms with Crippen molar-refractivity contribution in [1.29, 1.82) is 0 Å². The molecule has 2 amide bonds. The van der Waals surface area contributed by atoms with E-state index in [1.165, 1.54) is 24.3 Å². The van der Waals surface area contributed by atoms with Gasteiger partial charge >= 0.3 is 12.0 Å². The number of amides is 2. The molecule has 0 bridgehead atoms. The van der Waals surface area contributed by atoms with E-state index in [1.54, 1.807) is 60.4 Å². The first-order chi connectivity index (χ1) is 18.4. The van der Waals surface area contributed by atoms with E-state index >= 15 is 0 Å². The standard InChI is InChI=1S/C29H32F2N2O5/c1-2-37-27(28(34)35)20-22-11-15-24(16-12-22)38-19-18-33(17-5-6-21-9-13-23(30)14-10-21)29(36)32-26-8-4-3-7-25(26)31/h3-4,7-16,27H,2,5-6,17-20H2,1H3,(H,32,36)(H,34,35). The van der Waals surface area contributed by atoms with Crippen molar-refractivity contribution in [2.24, 2.45) is 0 Å². The summed E-state index contributed by atoms with van der Waals surface area (Å²) in [6.07, 6.45) is 0.589. The Kier molecular flexibility index (Phi) is 11.0. The number of carboxylic acids is 1. The molecule has 7 nitrogen and oxygen atoms in total. The fourth-order valence-corrected chi connectivity index (χ4v) is 3.83. The molecule has 0 saturated carbocycles. The number of para-hydroxylation sites is 1. The number of aryl methyl sites for hydroxylation is 1. The molecule has 0 aliphatic rings. The molecule has 202 valence electrons. The van der Waals surface area contributed by atoms with Crippen LogP contribution in [0.2, 0.25) is 0 Å². The fraction of sp³-hybridized carbons (Fsp3) is 0.310. The molecule has 0 aliphatic heterocycles. The van der Waals surface area contributed by atoms with Crippen molar-refractivity contribution in [3.8, 4) is 5.75 Å². The van der Waals surface area contributed by atoms with Crippen LogP contribution in [-0.4, -0.2) is 54.4 Å². The summed E-state index contributed by atoms with van der Waals surface area (Å²) in [5, 5.41) is 11.9. The van der Waals surface area contributed by atoms with Gasteiger partial charge in [0.15, 0.2) is 6.10 Å². The highest BCUT2D eigenvalue weighted by Gasteiger charge is 2.18. The van der Waals surface area contributed by atoms with Crippen LogP contribution in [0.25, 0.3) is 0 Å². The summed E-state index contributed by atoms with van der Waals surface area (Å²) in [6, 6.07) is 18.7. The molecule has 0 aliphatic carbocycles. The molecule has 0 aromatic heterocycles. The average Bonchev–Trinajstić information content (AvgIpc) is 2.90. The van der Waals surface area contributed by atoms with Crippen molar-refractivity contribution in [3.05, 3.63) is 95.6 Å². The fourth-order valence-electron chi connectivity index (χ4n) is 3.83. The number of aliphatic carboxylic acids is 1. The van der Waals surface area contributed by atoms with Gasteiger partial charge in [-0.3, -0.25) is 0 Å². The maximum atomic E-state index is 14.1. The van der Waals surface area contributed by atoms with E-state index in [1.807, 2.05) is 0 Å². The van der Waals surface area contributed by atoms with Crippen molar-refractivity contribution < 1.29 is 33.0 Å². The van der Waals surface area contributed by atoms with Gasteiger partial charge < -0.3 is 24.8 Å². The van der Waals surface area contributed by atoms with E-state index in [0.29, 0.717) is 31.7 Å². The topological polar surface area (TPSA) is 88.1 Å². The summed E-state index contributed by atoms with van der Waals surface area (Å²) >= 11 is 0. The Morgan fingerprint density at radius 3 is 2.29 bits per heavy atom. The number of rotatable bonds is 14. The summed E-state index contributed by atoms with van der Waals surface area (Å²) in [6.45, 7) is 2.88. The molecule has 3 rings (SSSR count). The number of carbonyl (C=O) groups excluding carboxylic acids is 1. The number of carboxylic acid groups (broad SMARTS) is 1. The number of hydrogen-bond donors (Lipinski definition) is 2. The van der Waals surface area contributed by atoms with E-state index in [2.05, 4.69) is 5.32 Å². The zero-order valence-corrected chi connectivity index (χ0v) is 21.2. The van der Waals surface area contributed by atoms with Crippen LogP contribution in [-0.2, 0) is 22.4 Å². The lowest BCUT2D eigenvalue weighted by Crippen LogP contribution is -2.39. The van der Waals surface area contributed by atoms with Crippen LogP contribution in [0.15, 0.2) is 72.8 Å². The van der Waals surface area contributed by atoms with E-state index in [9.17, 15) is 23.5 Å². The number of carbonyl (C=O) groups is 2. The largest absolute Gasteiger partial charge is 0.492 e. The second-order valence-corrected chi connectivity index (χ2v) is 8.61. The molecular weight excluding hydrogens is 494 g/mol. The Labute approximate surface area is 221 Å². The molecule has 0 saturated heterocycles. The number of hydrogen-bond acceptors (Lipinski definition) is 4. The summed E-state index contributed by atoms with van der Waals surface area (Å²) < 4.78 is 38.3. The molecule has 0 fully saturated rings. The van der Waals surface area contributed by atoms with Gasteiger partial charge in [0.05, 0.1) is 12.2 Å². The van der Waals surface area contributed by atoms with Crippen LogP contribution in [0.5, 0.6) is 5.75 Å². The van der Waals surface area contributed by atoms with Gasteiger partial charge in [0.2, 0.25) is 0 Å². The molecule has 2 N–H and O–H groups in total. The minimum atomic E-state index is -1.01. The van der Waals surface area contributed by atoms with Gasteiger partial charge in [-0.25, -0.2) is 18.4 Å². The van der Waals surface area contributed by atoms with Crippen LogP contribution in [0.3, 0.4) is 0 Å². The van der Waals surface area contributed by atoms with Crippen molar-refractivity contribution in [3.63, 3.8) is 0 Å². The lowest BCUT2D eigenvalue weighted by atomic mass is 10.1. The van der Waals surface area contributed by atoms with Crippen molar-refractivity contribution in [2.75, 3.05) is 31.6 Å². The molecule has 38 heavy (non-hydrogen) atoms. The summed E-state index contributed by atoms with van der Waals surface area (Å²) in [5.74, 6) is -1.28. The van der Waals surface area contributed by atoms with E-state index < -0.39 is 23.9 Å². The Balaban J connectivity index is 1.57. The third-order valence-electron chi connectivity index (χ3n) is 5.83. The Bertz CT molecular complexity index is 1170. The monoisotopic (exact) mass is 526 g/mol. The highest BCUT2D eigenvalue weighted by atomic mass is 19.1. The van der Waals surface area contributed by atoms with Gasteiger partial charge in [-0.15, -0.1) is 0 Å². The molecule has 3 aromatic carbocycles. The third kappa shape index (κ3) is 9.15. The number of benzene rings is 3. The number of nitrogens with one attached hydrogen (secondary N) is 1. The normalized spacial score (nSPS) is 11.6. The zero-order chi connectivity index (χ0) is 27.3. The maximum absolute atomic E-state index is 14.1. The molecule has 3 aromatic rings. The van der Waals surface area contributed by atoms with Gasteiger partial charge in [-0.2, -0.15) is 0 Å². The molecule has 1 atom stereocenters. The van der Waals surface area contributed by atoms with Crippen molar-refractivity contribution >= 4 is 17.7 Å². The van der Waals surface area contributed by atoms with Crippen LogP contribution >= 0.6 is 0 Å². The summed E-state index contributed by atoms with van der Waals surface area (Å²) in [7, 11) is 0. The molecule has 1 unspecified atom stereocenters. The first-order valence-corrected chi connectivity index (χ1v) is 12.5. The molecule has 0 radical (unpaired) electrons. The van der Waals surface area contributed by atoms with Gasteiger partial charge in [-0.05, 0) is 67.3 Å². The highest BCUT2D eigenvalue weighted by molar-refractivity contribution is 5.89. The number of ether oxygens (including phenoxy) is 2. The lowest BCUT2D eigenvalue weighted by molar-refractivity contribution is -0.149. The average molecular weight is 527 g/mol. The Morgan fingerprint density at radius 1 is 0.947 bits per heavy atom. The van der Waals surface area contributed by atoms with Crippen LogP contribution in [0, 0.1) is 11.6 Å². The minimum absolute atomic E-state index is 0.0873. The molecular formula is C29H32F2N2O5. The van der Waals surface area contributed by atoms with Crippen LogP contribution < -0.4 is 10.1 Å². The molecule has 0 heterocycles. The molecule has 0 spiro atoms. The van der Waals surface area contributed by atoms with E-state index in [-0.39, 0.29) is 31.1 Å². The third-order valence-corrected chi connectivity index (χ3v) is 5.83. The zero-order valence-electron chi connectivity index (χ0n) is 21.2. The van der Waals surface area contributed by atoms with Gasteiger partial charge in [-0.1, -0.05) is 36.4 Å². The second-order valence-electron chi connectivity index (χ2n) is 8.61. The van der Waals surface area contributed by atoms with Crippen LogP contribution in [0.4, 0.5) is 19.3 Å². The van der Waals surface area contributed by atoms with Gasteiger partial charge in [0.1, 0.15) is 24.0 Å². The van der Waals surface area contributed by atoms with E-state index in [4.69, 9.17) is 9.47 Å². The Hall–Kier alpha value is -3.98. The van der Waals surface area contributed by atoms with E-state index in [0.717, 1.165) is 11.1 Å². The first kappa shape index (κ1) is 28.6. The van der Waals surface area contributed by atoms with Gasteiger partial charge in [0.25, 0.3) is 0 Å². The number of halogens is 2. The predicted octanol–water partition coefficient (Wildman–Crippen LogP) is 5.54. The van der Waals surface area contributed by atoms with Crippen molar-refractivity contribution in [1.82, 2.24) is 4.90 Å². The first-order valence-electron chi connectivity index (χ1n) is 12.5. The maximum Gasteiger partial charge on any atom is 0.333 e. The minimum Gasteiger partial charge on any atom is -0.492 e. The quantitative estimate of drug-likeness (QED) is 0.288. The number of nitrogens with zero attached hydrogens (tertiary/aromatic N) is 1. The smallest absolute Gasteiger partial charge is 0.333 e.